The Morgan fingerprint density at radius 2 is 1.85 bits per heavy atom. The zero-order valence-electron chi connectivity index (χ0n) is 11.8. The van der Waals surface area contributed by atoms with E-state index in [2.05, 4.69) is 0 Å². The summed E-state index contributed by atoms with van der Waals surface area (Å²) in [4.78, 5) is 25.7. The molecule has 0 unspecified atom stereocenters. The van der Waals surface area contributed by atoms with Gasteiger partial charge in [-0.2, -0.15) is 0 Å². The number of aryl methyl sites for hydroxylation is 1. The quantitative estimate of drug-likeness (QED) is 0.438. The number of amides is 1. The molecule has 0 atom stereocenters. The van der Waals surface area contributed by atoms with Gasteiger partial charge in [-0.1, -0.05) is 25.8 Å². The Bertz CT molecular complexity index is 513. The third-order valence-electron chi connectivity index (χ3n) is 3.71. The van der Waals surface area contributed by atoms with Crippen LogP contribution in [0.1, 0.15) is 48.5 Å². The smallest absolute Gasteiger partial charge is 0.299 e. The summed E-state index contributed by atoms with van der Waals surface area (Å²) >= 11 is 5.64. The summed E-state index contributed by atoms with van der Waals surface area (Å²) in [7, 11) is 0. The number of unbranched alkanes of at least 4 members (excludes halogenated alkanes) is 3. The third kappa shape index (κ3) is 3.04. The Kier molecular flexibility index (Phi) is 5.18. The molecule has 2 rings (SSSR count). The summed E-state index contributed by atoms with van der Waals surface area (Å²) in [5, 5.41) is 0. The van der Waals surface area contributed by atoms with Gasteiger partial charge in [0.15, 0.2) is 0 Å². The predicted octanol–water partition coefficient (Wildman–Crippen LogP) is 3.58. The summed E-state index contributed by atoms with van der Waals surface area (Å²) in [6.45, 7) is 2.66. The lowest BCUT2D eigenvalue weighted by Gasteiger charge is -2.16. The van der Waals surface area contributed by atoms with Gasteiger partial charge >= 0.3 is 0 Å². The first-order valence-electron chi connectivity index (χ1n) is 7.24. The van der Waals surface area contributed by atoms with E-state index in [1.165, 1.54) is 0 Å². The second-order valence-electron chi connectivity index (χ2n) is 5.09. The van der Waals surface area contributed by atoms with Gasteiger partial charge in [0, 0.05) is 12.4 Å². The average molecular weight is 294 g/mol. The van der Waals surface area contributed by atoms with Crippen LogP contribution in [0.2, 0.25) is 0 Å². The Labute approximate surface area is 124 Å². The molecule has 0 saturated carbocycles. The minimum atomic E-state index is -0.384. The molecule has 0 aliphatic carbocycles. The molecule has 0 radical (unpaired) electrons. The summed E-state index contributed by atoms with van der Waals surface area (Å²) in [6.07, 6.45) is 4.89. The lowest BCUT2D eigenvalue weighted by atomic mass is 10.1. The number of fused-ring (bicyclic) bond motifs is 1. The topological polar surface area (TPSA) is 37.4 Å². The molecular formula is C16H20ClNO2. The van der Waals surface area contributed by atoms with Gasteiger partial charge in [0.2, 0.25) is 0 Å². The molecule has 1 amide bonds. The van der Waals surface area contributed by atoms with E-state index in [0.717, 1.165) is 43.4 Å². The Hall–Kier alpha value is -1.35. The van der Waals surface area contributed by atoms with Crippen molar-refractivity contribution in [1.82, 2.24) is 0 Å². The van der Waals surface area contributed by atoms with Crippen molar-refractivity contribution in [2.24, 2.45) is 0 Å². The van der Waals surface area contributed by atoms with Crippen LogP contribution in [-0.4, -0.2) is 24.1 Å². The van der Waals surface area contributed by atoms with Gasteiger partial charge < -0.3 is 4.90 Å². The Morgan fingerprint density at radius 3 is 2.55 bits per heavy atom. The molecule has 0 spiro atoms. The van der Waals surface area contributed by atoms with Crippen LogP contribution in [0.5, 0.6) is 0 Å². The summed E-state index contributed by atoms with van der Waals surface area (Å²) in [6, 6.07) is 5.74. The molecule has 1 heterocycles. The molecule has 1 aromatic rings. The molecule has 0 fully saturated rings. The number of carbonyl (C=O) groups excluding carboxylic acids is 2. The van der Waals surface area contributed by atoms with Crippen LogP contribution >= 0.6 is 11.6 Å². The van der Waals surface area contributed by atoms with E-state index in [-0.39, 0.29) is 11.7 Å². The number of halogens is 1. The van der Waals surface area contributed by atoms with E-state index in [4.69, 9.17) is 11.6 Å². The fourth-order valence-corrected chi connectivity index (χ4v) is 2.70. The lowest BCUT2D eigenvalue weighted by molar-refractivity contribution is -0.114. The maximum atomic E-state index is 12.0. The molecule has 20 heavy (non-hydrogen) atoms. The fraction of sp³-hybridized carbons (Fsp3) is 0.500. The van der Waals surface area contributed by atoms with Gasteiger partial charge in [-0.15, -0.1) is 11.6 Å². The highest BCUT2D eigenvalue weighted by Gasteiger charge is 2.35. The van der Waals surface area contributed by atoms with Crippen LogP contribution in [0.15, 0.2) is 18.2 Å². The number of rotatable bonds is 7. The van der Waals surface area contributed by atoms with Crippen molar-refractivity contribution in [2.45, 2.75) is 39.0 Å². The van der Waals surface area contributed by atoms with Crippen molar-refractivity contribution in [2.75, 3.05) is 17.3 Å². The number of hydrogen-bond acceptors (Lipinski definition) is 2. The number of alkyl halides is 1. The van der Waals surface area contributed by atoms with Gasteiger partial charge in [0.05, 0.1) is 11.3 Å². The SMILES string of the molecule is CCc1ccc2c(c1)C(=O)C(=O)N2CCCCCCCl. The van der Waals surface area contributed by atoms with Gasteiger partial charge in [0.1, 0.15) is 0 Å². The summed E-state index contributed by atoms with van der Waals surface area (Å²) in [5.74, 6) is -0.0642. The van der Waals surface area contributed by atoms with E-state index in [1.54, 1.807) is 4.90 Å². The first-order valence-corrected chi connectivity index (χ1v) is 7.77. The van der Waals surface area contributed by atoms with Crippen molar-refractivity contribution >= 4 is 29.0 Å². The molecule has 0 N–H and O–H groups in total. The standard InChI is InChI=1S/C16H20ClNO2/c1-2-12-7-8-14-13(11-12)15(19)16(20)18(14)10-6-4-3-5-9-17/h7-8,11H,2-6,9-10H2,1H3. The number of carbonyl (C=O) groups is 2. The highest BCUT2D eigenvalue weighted by atomic mass is 35.5. The second kappa shape index (κ2) is 6.89. The minimum absolute atomic E-state index is 0.365. The van der Waals surface area contributed by atoms with E-state index in [0.29, 0.717) is 18.0 Å². The zero-order valence-corrected chi connectivity index (χ0v) is 12.6. The van der Waals surface area contributed by atoms with Crippen molar-refractivity contribution in [1.29, 1.82) is 0 Å². The lowest BCUT2D eigenvalue weighted by Crippen LogP contribution is -2.30. The van der Waals surface area contributed by atoms with Crippen LogP contribution in [0.3, 0.4) is 0 Å². The first-order chi connectivity index (χ1) is 9.69. The van der Waals surface area contributed by atoms with Crippen LogP contribution in [0.25, 0.3) is 0 Å². The number of Topliss-reactive ketones (excluding diaryl/α,β-unsaturated/α-hetero) is 1. The van der Waals surface area contributed by atoms with Gasteiger partial charge in [0.25, 0.3) is 11.7 Å². The van der Waals surface area contributed by atoms with Gasteiger partial charge in [-0.25, -0.2) is 0 Å². The molecule has 0 bridgehead atoms. The normalized spacial score (nSPS) is 14.0. The maximum absolute atomic E-state index is 12.0. The zero-order chi connectivity index (χ0) is 14.5. The largest absolute Gasteiger partial charge is 0.305 e. The molecule has 0 aromatic heterocycles. The highest BCUT2D eigenvalue weighted by molar-refractivity contribution is 6.52. The van der Waals surface area contributed by atoms with Gasteiger partial charge in [-0.05, 0) is 37.0 Å². The van der Waals surface area contributed by atoms with E-state index in [9.17, 15) is 9.59 Å². The molecule has 1 aliphatic rings. The molecule has 1 aromatic carbocycles. The summed E-state index contributed by atoms with van der Waals surface area (Å²) in [5.41, 5.74) is 2.43. The van der Waals surface area contributed by atoms with Crippen LogP contribution < -0.4 is 4.90 Å². The molecule has 0 saturated heterocycles. The molecule has 108 valence electrons. The van der Waals surface area contributed by atoms with E-state index < -0.39 is 0 Å². The Morgan fingerprint density at radius 1 is 1.10 bits per heavy atom. The second-order valence-corrected chi connectivity index (χ2v) is 5.47. The number of hydrogen-bond donors (Lipinski definition) is 0. The Balaban J connectivity index is 2.05. The molecule has 4 heteroatoms. The predicted molar refractivity (Wildman–Crippen MR) is 81.7 cm³/mol. The van der Waals surface area contributed by atoms with Gasteiger partial charge in [-0.3, -0.25) is 9.59 Å². The average Bonchev–Trinajstić information content (AvgIpc) is 2.71. The van der Waals surface area contributed by atoms with Crippen LogP contribution in [-0.2, 0) is 11.2 Å². The summed E-state index contributed by atoms with van der Waals surface area (Å²) < 4.78 is 0. The number of nitrogens with zero attached hydrogens (tertiary/aromatic N) is 1. The monoisotopic (exact) mass is 293 g/mol. The van der Waals surface area contributed by atoms with Crippen LogP contribution in [0.4, 0.5) is 5.69 Å². The van der Waals surface area contributed by atoms with Crippen molar-refractivity contribution in [3.05, 3.63) is 29.3 Å². The molecular weight excluding hydrogens is 274 g/mol. The van der Waals surface area contributed by atoms with E-state index >= 15 is 0 Å². The maximum Gasteiger partial charge on any atom is 0.299 e. The number of ketones is 1. The number of anilines is 1. The minimum Gasteiger partial charge on any atom is -0.305 e. The molecule has 1 aliphatic heterocycles. The third-order valence-corrected chi connectivity index (χ3v) is 3.98. The molecule has 3 nitrogen and oxygen atoms in total. The van der Waals surface area contributed by atoms with E-state index in [1.807, 2.05) is 25.1 Å². The van der Waals surface area contributed by atoms with Crippen LogP contribution in [0, 0.1) is 0 Å². The van der Waals surface area contributed by atoms with Crippen molar-refractivity contribution < 1.29 is 9.59 Å². The fourth-order valence-electron chi connectivity index (χ4n) is 2.51. The first kappa shape index (κ1) is 15.0. The highest BCUT2D eigenvalue weighted by Crippen LogP contribution is 2.30. The van der Waals surface area contributed by atoms with Crippen molar-refractivity contribution in [3.8, 4) is 0 Å². The van der Waals surface area contributed by atoms with Crippen molar-refractivity contribution in [3.63, 3.8) is 0 Å². The number of benzene rings is 1.